The molecule has 28 heavy (non-hydrogen) atoms. The van der Waals surface area contributed by atoms with E-state index >= 15 is 0 Å². The number of benzene rings is 2. The summed E-state index contributed by atoms with van der Waals surface area (Å²) in [4.78, 5) is -0.0299. The van der Waals surface area contributed by atoms with E-state index < -0.39 is 10.0 Å². The predicted molar refractivity (Wildman–Crippen MR) is 109 cm³/mol. The van der Waals surface area contributed by atoms with Gasteiger partial charge in [0.05, 0.1) is 13.7 Å². The van der Waals surface area contributed by atoms with E-state index in [0.29, 0.717) is 37.5 Å². The van der Waals surface area contributed by atoms with Gasteiger partial charge in [-0.3, -0.25) is 0 Å². The van der Waals surface area contributed by atoms with Crippen LogP contribution in [0.2, 0.25) is 0 Å². The van der Waals surface area contributed by atoms with Gasteiger partial charge in [-0.15, -0.1) is 0 Å². The smallest absolute Gasteiger partial charge is 0.241 e. The number of sulfonamides is 1. The summed E-state index contributed by atoms with van der Waals surface area (Å²) >= 11 is 0. The van der Waals surface area contributed by atoms with E-state index in [1.807, 2.05) is 37.3 Å². The zero-order valence-corrected chi connectivity index (χ0v) is 17.1. The molecule has 0 atom stereocenters. The second-order valence-corrected chi connectivity index (χ2v) is 7.60. The molecule has 154 valence electrons. The van der Waals surface area contributed by atoms with Gasteiger partial charge in [0.2, 0.25) is 10.0 Å². The minimum Gasteiger partial charge on any atom is -0.495 e. The molecule has 0 radical (unpaired) electrons. The third-order valence-electron chi connectivity index (χ3n) is 4.06. The number of rotatable bonds is 12. The van der Waals surface area contributed by atoms with Crippen LogP contribution in [0.25, 0.3) is 0 Å². The fourth-order valence-corrected chi connectivity index (χ4v) is 3.56. The Morgan fingerprint density at radius 3 is 2.43 bits per heavy atom. The first-order valence-electron chi connectivity index (χ1n) is 9.21. The van der Waals surface area contributed by atoms with Crippen molar-refractivity contribution in [1.29, 1.82) is 0 Å². The quantitative estimate of drug-likeness (QED) is 0.523. The first-order valence-corrected chi connectivity index (χ1v) is 10.8. The lowest BCUT2D eigenvalue weighted by Crippen LogP contribution is -2.22. The van der Waals surface area contributed by atoms with E-state index in [1.165, 1.54) is 13.2 Å². The molecule has 0 aliphatic carbocycles. The summed E-state index contributed by atoms with van der Waals surface area (Å²) in [5, 5.41) is 8.62. The molecular weight excluding hydrogens is 380 g/mol. The molecule has 7 nitrogen and oxygen atoms in total. The molecule has 0 aliphatic rings. The summed E-state index contributed by atoms with van der Waals surface area (Å²) < 4.78 is 40.3. The molecule has 0 heterocycles. The number of methoxy groups -OCH3 is 1. The van der Waals surface area contributed by atoms with Crippen LogP contribution in [0.5, 0.6) is 17.2 Å². The zero-order chi connectivity index (χ0) is 20.4. The number of hydrogen-bond donors (Lipinski definition) is 2. The van der Waals surface area contributed by atoms with Crippen LogP contribution >= 0.6 is 0 Å². The van der Waals surface area contributed by atoms with Gasteiger partial charge in [0.25, 0.3) is 0 Å². The lowest BCUT2D eigenvalue weighted by molar-refractivity contribution is 0.313. The summed E-state index contributed by atoms with van der Waals surface area (Å²) in [5.41, 5.74) is 0.707. The van der Waals surface area contributed by atoms with E-state index in [2.05, 4.69) is 5.32 Å². The second-order valence-electron chi connectivity index (χ2n) is 6.07. The Hall–Kier alpha value is -2.29. The van der Waals surface area contributed by atoms with Gasteiger partial charge in [0.1, 0.15) is 28.8 Å². The number of para-hydroxylation sites is 1. The maximum atomic E-state index is 11.8. The van der Waals surface area contributed by atoms with Crippen molar-refractivity contribution in [2.24, 2.45) is 5.14 Å². The molecule has 0 fully saturated rings. The van der Waals surface area contributed by atoms with E-state index in [-0.39, 0.29) is 10.6 Å². The van der Waals surface area contributed by atoms with Gasteiger partial charge in [-0.1, -0.05) is 18.2 Å². The number of hydrogen-bond acceptors (Lipinski definition) is 6. The topological polar surface area (TPSA) is 99.9 Å². The minimum absolute atomic E-state index is 0.0299. The van der Waals surface area contributed by atoms with E-state index in [9.17, 15) is 8.42 Å². The summed E-state index contributed by atoms with van der Waals surface area (Å²) in [5.74, 6) is 1.70. The molecule has 0 spiro atoms. The molecule has 3 N–H and O–H groups in total. The summed E-state index contributed by atoms with van der Waals surface area (Å²) in [6, 6.07) is 12.7. The van der Waals surface area contributed by atoms with Crippen LogP contribution in [0, 0.1) is 0 Å². The SMILES string of the molecule is CCOc1ccc(S(N)(=O)=O)c(OC)c1CCCNCCOc1ccccc1. The highest BCUT2D eigenvalue weighted by molar-refractivity contribution is 7.89. The molecule has 0 amide bonds. The Morgan fingerprint density at radius 1 is 1.04 bits per heavy atom. The average Bonchev–Trinajstić information content (AvgIpc) is 2.67. The molecule has 0 saturated heterocycles. The van der Waals surface area contributed by atoms with Crippen molar-refractivity contribution in [3.63, 3.8) is 0 Å². The molecule has 8 heteroatoms. The maximum Gasteiger partial charge on any atom is 0.241 e. The average molecular weight is 409 g/mol. The number of nitrogens with two attached hydrogens (primary N) is 1. The monoisotopic (exact) mass is 408 g/mol. The maximum absolute atomic E-state index is 11.8. The fourth-order valence-electron chi connectivity index (χ4n) is 2.84. The Labute approximate surface area is 166 Å². The van der Waals surface area contributed by atoms with Gasteiger partial charge in [0.15, 0.2) is 0 Å². The van der Waals surface area contributed by atoms with Crippen LogP contribution in [-0.4, -0.2) is 41.8 Å². The van der Waals surface area contributed by atoms with Crippen molar-refractivity contribution in [3.05, 3.63) is 48.0 Å². The summed E-state index contributed by atoms with van der Waals surface area (Å²) in [7, 11) is -2.45. The Kier molecular flexibility index (Phi) is 8.56. The van der Waals surface area contributed by atoms with Gasteiger partial charge in [-0.2, -0.15) is 0 Å². The highest BCUT2D eigenvalue weighted by Crippen LogP contribution is 2.35. The fraction of sp³-hybridized carbons (Fsp3) is 0.400. The van der Waals surface area contributed by atoms with Gasteiger partial charge >= 0.3 is 0 Å². The van der Waals surface area contributed by atoms with Crippen molar-refractivity contribution < 1.29 is 22.6 Å². The number of nitrogens with one attached hydrogen (secondary N) is 1. The molecular formula is C20H28N2O5S. The molecule has 0 aliphatic heterocycles. The van der Waals surface area contributed by atoms with E-state index in [0.717, 1.165) is 18.7 Å². The van der Waals surface area contributed by atoms with Gasteiger partial charge in [-0.05, 0) is 50.6 Å². The summed E-state index contributed by atoms with van der Waals surface area (Å²) in [6.45, 7) is 4.37. The van der Waals surface area contributed by atoms with Crippen molar-refractivity contribution in [3.8, 4) is 17.2 Å². The van der Waals surface area contributed by atoms with Gasteiger partial charge in [-0.25, -0.2) is 13.6 Å². The molecule has 0 bridgehead atoms. The molecule has 2 aromatic rings. The highest BCUT2D eigenvalue weighted by Gasteiger charge is 2.21. The largest absolute Gasteiger partial charge is 0.495 e. The third-order valence-corrected chi connectivity index (χ3v) is 5.00. The number of primary sulfonamides is 1. The molecule has 0 unspecified atom stereocenters. The predicted octanol–water partition coefficient (Wildman–Crippen LogP) is 2.34. The Morgan fingerprint density at radius 2 is 1.79 bits per heavy atom. The zero-order valence-electron chi connectivity index (χ0n) is 16.3. The standard InChI is InChI=1S/C20H28N2O5S/c1-3-26-18-11-12-19(28(21,23)24)20(25-2)17(18)10-7-13-22-14-15-27-16-8-5-4-6-9-16/h4-6,8-9,11-12,22H,3,7,10,13-15H2,1-2H3,(H2,21,23,24). The first-order chi connectivity index (χ1) is 13.5. The van der Waals surface area contributed by atoms with Crippen molar-refractivity contribution >= 4 is 10.0 Å². The summed E-state index contributed by atoms with van der Waals surface area (Å²) in [6.07, 6.45) is 1.37. The van der Waals surface area contributed by atoms with Crippen LogP contribution in [0.1, 0.15) is 18.9 Å². The second kappa shape index (κ2) is 10.9. The van der Waals surface area contributed by atoms with Crippen LogP contribution in [-0.2, 0) is 16.4 Å². The Bertz CT molecular complexity index is 841. The van der Waals surface area contributed by atoms with Crippen molar-refractivity contribution in [2.45, 2.75) is 24.7 Å². The van der Waals surface area contributed by atoms with Crippen molar-refractivity contribution in [1.82, 2.24) is 5.32 Å². The molecule has 0 saturated carbocycles. The number of ether oxygens (including phenoxy) is 3. The lowest BCUT2D eigenvalue weighted by Gasteiger charge is -2.17. The molecule has 2 rings (SSSR count). The van der Waals surface area contributed by atoms with Crippen LogP contribution in [0.15, 0.2) is 47.4 Å². The Balaban J connectivity index is 1.91. The third kappa shape index (κ3) is 6.40. The van der Waals surface area contributed by atoms with E-state index in [1.54, 1.807) is 6.07 Å². The van der Waals surface area contributed by atoms with Crippen LogP contribution in [0.4, 0.5) is 0 Å². The van der Waals surface area contributed by atoms with E-state index in [4.69, 9.17) is 19.3 Å². The normalized spacial score (nSPS) is 11.2. The molecule has 0 aromatic heterocycles. The van der Waals surface area contributed by atoms with Crippen LogP contribution < -0.4 is 24.7 Å². The first kappa shape index (κ1) is 22.0. The van der Waals surface area contributed by atoms with Gasteiger partial charge in [0, 0.05) is 12.1 Å². The highest BCUT2D eigenvalue weighted by atomic mass is 32.2. The van der Waals surface area contributed by atoms with Crippen LogP contribution in [0.3, 0.4) is 0 Å². The minimum atomic E-state index is -3.88. The molecule has 2 aromatic carbocycles. The van der Waals surface area contributed by atoms with Gasteiger partial charge < -0.3 is 19.5 Å². The lowest BCUT2D eigenvalue weighted by atomic mass is 10.1. The van der Waals surface area contributed by atoms with Crippen molar-refractivity contribution in [2.75, 3.05) is 33.4 Å².